The molecule has 4 heteroatoms. The van der Waals surface area contributed by atoms with Crippen molar-refractivity contribution in [1.29, 1.82) is 0 Å². The molecule has 1 atom stereocenters. The molecule has 0 radical (unpaired) electrons. The molecular weight excluding hydrogens is 695 g/mol. The summed E-state index contributed by atoms with van der Waals surface area (Å²) in [4.78, 5) is 0. The predicted molar refractivity (Wildman–Crippen MR) is 199 cm³/mol. The number of fused-ring (bicyclic) bond motifs is 4. The monoisotopic (exact) mass is 726 g/mol. The summed E-state index contributed by atoms with van der Waals surface area (Å²) < 4.78 is 1.24. The van der Waals surface area contributed by atoms with Crippen LogP contribution in [0.15, 0.2) is 140 Å². The normalized spacial score (nSPS) is 15.4. The molecule has 0 N–H and O–H groups in total. The molecule has 1 aliphatic heterocycles. The van der Waals surface area contributed by atoms with E-state index in [2.05, 4.69) is 153 Å². The van der Waals surface area contributed by atoms with Crippen LogP contribution in [0.1, 0.15) is 39.2 Å². The standard InChI is InChI=1S/C30H25.C12H9Si.2ClH.Zr/c1-2-11-24-18-19-25-20-26(22-12-5-3-6-13-22)21-29(25)30(24)28-17-10-9-16-27(28)23-14-7-4-8-15-23;1-3-7-11-9(5-1)10-6-2-4-8-12(10)13-11;;;/h3-10,12-21H,2,11H2,1H3;1-7H,13H2;2*1H;/q;;;;+2/p-2. The second-order valence-corrected chi connectivity index (χ2v) is 28.3. The molecule has 0 spiro atoms. The van der Waals surface area contributed by atoms with Crippen molar-refractivity contribution in [2.24, 2.45) is 0 Å². The molecule has 0 bridgehead atoms. The number of hydrogen-bond acceptors (Lipinski definition) is 0. The molecule has 224 valence electrons. The van der Waals surface area contributed by atoms with Gasteiger partial charge in [0.2, 0.25) is 0 Å². The van der Waals surface area contributed by atoms with Gasteiger partial charge in [0.1, 0.15) is 0 Å². The third-order valence-electron chi connectivity index (χ3n) is 9.77. The minimum absolute atomic E-state index is 0.0300. The predicted octanol–water partition coefficient (Wildman–Crippen LogP) is 9.46. The van der Waals surface area contributed by atoms with E-state index in [1.165, 1.54) is 74.9 Å². The fourth-order valence-electron chi connectivity index (χ4n) is 7.76. The summed E-state index contributed by atoms with van der Waals surface area (Å²) in [6.07, 6.45) is 4.53. The second kappa shape index (κ2) is 12.4. The number of rotatable bonds is 7. The van der Waals surface area contributed by atoms with E-state index < -0.39 is 27.4 Å². The first-order valence-electron chi connectivity index (χ1n) is 16.2. The molecule has 1 unspecified atom stereocenters. The maximum atomic E-state index is 8.05. The Labute approximate surface area is 286 Å². The van der Waals surface area contributed by atoms with Gasteiger partial charge >= 0.3 is 288 Å². The van der Waals surface area contributed by atoms with Gasteiger partial charge in [-0.25, -0.2) is 0 Å². The van der Waals surface area contributed by atoms with Gasteiger partial charge in [-0.15, -0.1) is 0 Å². The summed E-state index contributed by atoms with van der Waals surface area (Å²) in [6.45, 7) is 2.27. The van der Waals surface area contributed by atoms with Crippen molar-refractivity contribution in [2.75, 3.05) is 0 Å². The number of aryl methyl sites for hydroxylation is 1. The number of hydrogen-bond donors (Lipinski definition) is 0. The molecule has 6 aromatic rings. The summed E-state index contributed by atoms with van der Waals surface area (Å²) in [7, 11) is 15.4. The van der Waals surface area contributed by atoms with E-state index in [-0.39, 0.29) is 3.63 Å². The molecule has 0 amide bonds. The average molecular weight is 729 g/mol. The first-order chi connectivity index (χ1) is 22.6. The van der Waals surface area contributed by atoms with Gasteiger partial charge in [0.05, 0.1) is 0 Å². The zero-order valence-electron chi connectivity index (χ0n) is 25.8. The van der Waals surface area contributed by atoms with Gasteiger partial charge in [-0.1, -0.05) is 0 Å². The fraction of sp³-hybridized carbons (Fsp3) is 0.0952. The SMILES string of the molecule is CCCc1ccc2c(c1-c1ccccc1-c1ccccc1)C=C(c1ccccc1)[CH]2[Zr]([Cl])([Cl])[c]1cccc2c1[SiH2]c1ccccc1-2. The van der Waals surface area contributed by atoms with Crippen LogP contribution in [0.25, 0.3) is 45.0 Å². The minimum atomic E-state index is -4.19. The van der Waals surface area contributed by atoms with Crippen molar-refractivity contribution in [3.8, 4) is 33.4 Å². The number of halogens is 2. The van der Waals surface area contributed by atoms with Crippen LogP contribution in [0.2, 0.25) is 0 Å². The van der Waals surface area contributed by atoms with Crippen LogP contribution < -0.4 is 13.6 Å². The van der Waals surface area contributed by atoms with Crippen LogP contribution in [0.5, 0.6) is 0 Å². The Morgan fingerprint density at radius 2 is 1.24 bits per heavy atom. The van der Waals surface area contributed by atoms with Crippen molar-refractivity contribution in [2.45, 2.75) is 23.4 Å². The number of benzene rings is 6. The Balaban J connectivity index is 1.37. The van der Waals surface area contributed by atoms with Crippen molar-refractivity contribution >= 4 is 51.8 Å². The molecule has 1 heterocycles. The molecule has 0 aromatic heterocycles. The maximum absolute atomic E-state index is 8.05. The van der Waals surface area contributed by atoms with Crippen molar-refractivity contribution in [3.05, 3.63) is 162 Å². The summed E-state index contributed by atoms with van der Waals surface area (Å²) in [6, 6.07) is 50.8. The van der Waals surface area contributed by atoms with Crippen LogP contribution in [-0.4, -0.2) is 9.52 Å². The average Bonchev–Trinajstić information content (AvgIpc) is 3.69. The van der Waals surface area contributed by atoms with Gasteiger partial charge in [0.15, 0.2) is 0 Å². The molecular formula is C42H34Cl2SiZr. The topological polar surface area (TPSA) is 0 Å². The summed E-state index contributed by atoms with van der Waals surface area (Å²) in [5.41, 5.74) is 14.2. The van der Waals surface area contributed by atoms with Crippen molar-refractivity contribution < 1.29 is 17.9 Å². The molecule has 0 nitrogen and oxygen atoms in total. The van der Waals surface area contributed by atoms with E-state index in [1.54, 1.807) is 0 Å². The molecule has 46 heavy (non-hydrogen) atoms. The third-order valence-corrected chi connectivity index (χ3v) is 24.0. The van der Waals surface area contributed by atoms with Crippen LogP contribution in [0.3, 0.4) is 0 Å². The molecule has 8 rings (SSSR count). The first kappa shape index (κ1) is 30.1. The van der Waals surface area contributed by atoms with Gasteiger partial charge in [-0.3, -0.25) is 0 Å². The molecule has 0 fully saturated rings. The van der Waals surface area contributed by atoms with E-state index >= 15 is 0 Å². The van der Waals surface area contributed by atoms with E-state index in [4.69, 9.17) is 17.0 Å². The second-order valence-electron chi connectivity index (χ2n) is 12.5. The Hall–Kier alpha value is -3.26. The van der Waals surface area contributed by atoms with Crippen molar-refractivity contribution in [1.82, 2.24) is 0 Å². The molecule has 1 aliphatic carbocycles. The first-order valence-corrected chi connectivity index (χ1v) is 26.6. The van der Waals surface area contributed by atoms with E-state index in [0.717, 1.165) is 12.8 Å². The third kappa shape index (κ3) is 5.06. The van der Waals surface area contributed by atoms with Gasteiger partial charge in [0.25, 0.3) is 0 Å². The summed E-state index contributed by atoms with van der Waals surface area (Å²) in [5.74, 6) is 0. The van der Waals surface area contributed by atoms with Crippen LogP contribution in [-0.2, 0) is 24.3 Å². The van der Waals surface area contributed by atoms with E-state index in [0.29, 0.717) is 0 Å². The van der Waals surface area contributed by atoms with Gasteiger partial charge < -0.3 is 0 Å². The van der Waals surface area contributed by atoms with Gasteiger partial charge in [0, 0.05) is 0 Å². The molecule has 6 aromatic carbocycles. The summed E-state index contributed by atoms with van der Waals surface area (Å²) >= 11 is -4.19. The Kier molecular flexibility index (Phi) is 8.11. The Bertz CT molecular complexity index is 2120. The van der Waals surface area contributed by atoms with E-state index in [9.17, 15) is 0 Å². The Morgan fingerprint density at radius 1 is 0.609 bits per heavy atom. The summed E-state index contributed by atoms with van der Waals surface area (Å²) in [5, 5.41) is 2.96. The van der Waals surface area contributed by atoms with Gasteiger partial charge in [-0.2, -0.15) is 0 Å². The molecule has 0 saturated heterocycles. The van der Waals surface area contributed by atoms with Crippen LogP contribution >= 0.6 is 17.0 Å². The molecule has 0 saturated carbocycles. The van der Waals surface area contributed by atoms with Crippen LogP contribution in [0.4, 0.5) is 0 Å². The van der Waals surface area contributed by atoms with Crippen molar-refractivity contribution in [3.63, 3.8) is 0 Å². The van der Waals surface area contributed by atoms with Gasteiger partial charge in [-0.05, 0) is 0 Å². The zero-order valence-corrected chi connectivity index (χ0v) is 31.2. The molecule has 2 aliphatic rings. The van der Waals surface area contributed by atoms with E-state index in [1.807, 2.05) is 0 Å². The Morgan fingerprint density at radius 3 is 1.98 bits per heavy atom. The fourth-order valence-corrected chi connectivity index (χ4v) is 24.2. The van der Waals surface area contributed by atoms with Crippen LogP contribution in [0, 0.1) is 0 Å². The quantitative estimate of drug-likeness (QED) is 0.144. The number of allylic oxidation sites excluding steroid dienone is 1. The zero-order chi connectivity index (χ0) is 31.3.